The van der Waals surface area contributed by atoms with Gasteiger partial charge in [-0.15, -0.1) is 0 Å². The largest absolute Gasteiger partial charge is 0.358 e. The SMILES string of the molecule is O=S(=O)(O)CCCN1c2cc(Cl)ccc2SC1Cc1sc2ccc(Cl)cc2[n+]1CCCS(=O)(=O)O. The van der Waals surface area contributed by atoms with Crippen molar-refractivity contribution in [2.45, 2.75) is 36.1 Å². The van der Waals surface area contributed by atoms with Crippen LogP contribution in [0.25, 0.3) is 10.2 Å². The fraction of sp³-hybridized carbons (Fsp3) is 0.381. The van der Waals surface area contributed by atoms with Crippen LogP contribution in [0.1, 0.15) is 17.8 Å². The van der Waals surface area contributed by atoms with Crippen molar-refractivity contribution in [3.8, 4) is 0 Å². The van der Waals surface area contributed by atoms with Crippen LogP contribution in [0.5, 0.6) is 0 Å². The fourth-order valence-electron chi connectivity index (χ4n) is 4.07. The summed E-state index contributed by atoms with van der Waals surface area (Å²) in [6, 6.07) is 11.2. The van der Waals surface area contributed by atoms with Crippen molar-refractivity contribution in [1.82, 2.24) is 0 Å². The van der Waals surface area contributed by atoms with Crippen molar-refractivity contribution in [2.24, 2.45) is 0 Å². The lowest BCUT2D eigenvalue weighted by atomic mass is 10.2. The maximum absolute atomic E-state index is 11.3. The number of fused-ring (bicyclic) bond motifs is 2. The molecule has 14 heteroatoms. The van der Waals surface area contributed by atoms with Gasteiger partial charge in [0.05, 0.1) is 29.0 Å². The van der Waals surface area contributed by atoms with Gasteiger partial charge in [0.2, 0.25) is 10.5 Å². The first-order chi connectivity index (χ1) is 16.4. The summed E-state index contributed by atoms with van der Waals surface area (Å²) in [5.41, 5.74) is 1.79. The van der Waals surface area contributed by atoms with Gasteiger partial charge in [0.15, 0.2) is 6.54 Å². The van der Waals surface area contributed by atoms with E-state index in [1.165, 1.54) is 0 Å². The third-order valence-corrected chi connectivity index (χ3v) is 10.1. The predicted molar refractivity (Wildman–Crippen MR) is 141 cm³/mol. The molecule has 0 amide bonds. The average molecular weight is 599 g/mol. The average Bonchev–Trinajstić information content (AvgIpc) is 3.24. The highest BCUT2D eigenvalue weighted by Crippen LogP contribution is 2.46. The molecule has 1 aliphatic heterocycles. The van der Waals surface area contributed by atoms with Crippen LogP contribution in [0.15, 0.2) is 41.3 Å². The second-order valence-corrected chi connectivity index (χ2v) is 14.5. The van der Waals surface area contributed by atoms with Gasteiger partial charge in [-0.05, 0) is 36.8 Å². The molecule has 1 unspecified atom stereocenters. The molecule has 3 aromatic rings. The normalized spacial score (nSPS) is 16.2. The number of hydrogen-bond donors (Lipinski definition) is 2. The minimum absolute atomic E-state index is 0.0683. The maximum Gasteiger partial charge on any atom is 0.265 e. The smallest absolute Gasteiger partial charge is 0.265 e. The lowest BCUT2D eigenvalue weighted by Crippen LogP contribution is -2.41. The third-order valence-electron chi connectivity index (χ3n) is 5.52. The van der Waals surface area contributed by atoms with Crippen LogP contribution in [0.2, 0.25) is 10.0 Å². The van der Waals surface area contributed by atoms with E-state index in [0.29, 0.717) is 29.6 Å². The molecule has 2 N–H and O–H groups in total. The Kier molecular flexibility index (Phi) is 8.23. The number of benzene rings is 2. The summed E-state index contributed by atoms with van der Waals surface area (Å²) in [6.45, 7) is 0.790. The first-order valence-electron chi connectivity index (χ1n) is 10.6. The highest BCUT2D eigenvalue weighted by Gasteiger charge is 2.34. The highest BCUT2D eigenvalue weighted by atomic mass is 35.5. The van der Waals surface area contributed by atoms with Gasteiger partial charge in [-0.25, -0.2) is 0 Å². The maximum atomic E-state index is 11.3. The number of anilines is 1. The summed E-state index contributed by atoms with van der Waals surface area (Å²) >= 11 is 15.7. The van der Waals surface area contributed by atoms with Crippen molar-refractivity contribution in [1.29, 1.82) is 0 Å². The van der Waals surface area contributed by atoms with Crippen LogP contribution in [0, 0.1) is 0 Å². The van der Waals surface area contributed by atoms with Crippen molar-refractivity contribution < 1.29 is 30.5 Å². The summed E-state index contributed by atoms with van der Waals surface area (Å²) in [6.07, 6.45) is 1.07. The Balaban J connectivity index is 1.64. The first-order valence-corrected chi connectivity index (χ1v) is 16.3. The van der Waals surface area contributed by atoms with Gasteiger partial charge < -0.3 is 4.90 Å². The fourth-order valence-corrected chi connectivity index (χ4v) is 8.02. The van der Waals surface area contributed by atoms with Crippen molar-refractivity contribution in [2.75, 3.05) is 23.0 Å². The summed E-state index contributed by atoms with van der Waals surface area (Å²) in [5, 5.41) is 2.06. The molecular weight excluding hydrogens is 575 g/mol. The number of nitrogens with zero attached hydrogens (tertiary/aromatic N) is 2. The van der Waals surface area contributed by atoms with Crippen molar-refractivity contribution >= 4 is 82.4 Å². The highest BCUT2D eigenvalue weighted by molar-refractivity contribution is 8.00. The molecule has 35 heavy (non-hydrogen) atoms. The minimum atomic E-state index is -4.08. The van der Waals surface area contributed by atoms with Crippen LogP contribution >= 0.6 is 46.3 Å². The Bertz CT molecular complexity index is 1460. The zero-order valence-corrected chi connectivity index (χ0v) is 23.1. The Morgan fingerprint density at radius 3 is 2.31 bits per heavy atom. The Labute approximate surface area is 222 Å². The molecule has 0 saturated carbocycles. The molecule has 2 aromatic carbocycles. The van der Waals surface area contributed by atoms with E-state index < -0.39 is 20.2 Å². The molecule has 2 heterocycles. The van der Waals surface area contributed by atoms with Crippen LogP contribution in [-0.2, 0) is 33.2 Å². The van der Waals surface area contributed by atoms with E-state index >= 15 is 0 Å². The van der Waals surface area contributed by atoms with Gasteiger partial charge in [0, 0.05) is 34.0 Å². The van der Waals surface area contributed by atoms with Crippen LogP contribution in [0.4, 0.5) is 5.69 Å². The summed E-state index contributed by atoms with van der Waals surface area (Å²) in [4.78, 5) is 3.12. The molecule has 0 aliphatic carbocycles. The predicted octanol–water partition coefficient (Wildman–Crippen LogP) is 4.53. The first kappa shape index (κ1) is 26.9. The number of hydrogen-bond acceptors (Lipinski definition) is 7. The summed E-state index contributed by atoms with van der Waals surface area (Å²) in [7, 11) is -8.15. The van der Waals surface area contributed by atoms with Gasteiger partial charge in [-0.3, -0.25) is 9.11 Å². The van der Waals surface area contributed by atoms with E-state index in [1.54, 1.807) is 29.2 Å². The molecule has 0 radical (unpaired) electrons. The van der Waals surface area contributed by atoms with E-state index in [0.717, 1.165) is 25.8 Å². The Morgan fingerprint density at radius 2 is 1.60 bits per heavy atom. The number of rotatable bonds is 10. The Morgan fingerprint density at radius 1 is 0.943 bits per heavy atom. The minimum Gasteiger partial charge on any atom is -0.358 e. The van der Waals surface area contributed by atoms with E-state index in [-0.39, 0.29) is 29.7 Å². The second-order valence-electron chi connectivity index (χ2n) is 8.12. The van der Waals surface area contributed by atoms with Crippen LogP contribution in [-0.4, -0.2) is 49.4 Å². The zero-order chi connectivity index (χ0) is 25.4. The monoisotopic (exact) mass is 597 g/mol. The molecule has 4 rings (SSSR count). The second kappa shape index (κ2) is 10.7. The van der Waals surface area contributed by atoms with Crippen molar-refractivity contribution in [3.05, 3.63) is 51.5 Å². The summed E-state index contributed by atoms with van der Waals surface area (Å²) < 4.78 is 66.4. The van der Waals surface area contributed by atoms with Crippen LogP contribution in [0.3, 0.4) is 0 Å². The third kappa shape index (κ3) is 7.01. The van der Waals surface area contributed by atoms with E-state index in [1.807, 2.05) is 34.9 Å². The van der Waals surface area contributed by atoms with E-state index in [2.05, 4.69) is 4.90 Å². The lowest BCUT2D eigenvalue weighted by Gasteiger charge is -2.25. The molecular formula is C21H23Cl2N2O6S4+. The standard InChI is InChI=1S/C21H22Cl2N2O6S4/c22-14-3-5-18-16(11-14)24(7-1-9-34(26,27)28)20(32-18)13-21-25(8-2-10-35(29,30)31)17-12-15(23)4-6-19(17)33-21/h3-6,11-12,20H,1-2,7-10,13H2,(H-,26,27,28,29,30,31)/p+1. The Hall–Kier alpha value is -1.12. The van der Waals surface area contributed by atoms with Crippen LogP contribution < -0.4 is 9.47 Å². The van der Waals surface area contributed by atoms with E-state index in [4.69, 9.17) is 32.3 Å². The number of aryl methyl sites for hydroxylation is 1. The summed E-state index contributed by atoms with van der Waals surface area (Å²) in [5.74, 6) is -0.685. The van der Waals surface area contributed by atoms with Gasteiger partial charge >= 0.3 is 0 Å². The number of halogens is 2. The number of thiazole rings is 1. The molecule has 1 atom stereocenters. The van der Waals surface area contributed by atoms with Gasteiger partial charge in [-0.1, -0.05) is 46.3 Å². The number of thioether (sulfide) groups is 1. The lowest BCUT2D eigenvalue weighted by molar-refractivity contribution is -0.674. The molecule has 190 valence electrons. The van der Waals surface area contributed by atoms with Gasteiger partial charge in [-0.2, -0.15) is 21.4 Å². The molecule has 8 nitrogen and oxygen atoms in total. The molecule has 0 fully saturated rings. The van der Waals surface area contributed by atoms with Crippen molar-refractivity contribution in [3.63, 3.8) is 0 Å². The molecule has 1 aromatic heterocycles. The topological polar surface area (TPSA) is 116 Å². The van der Waals surface area contributed by atoms with Gasteiger partial charge in [0.1, 0.15) is 4.70 Å². The molecule has 0 spiro atoms. The molecule has 0 saturated heterocycles. The van der Waals surface area contributed by atoms with E-state index in [9.17, 15) is 16.8 Å². The number of aromatic nitrogens is 1. The molecule has 1 aliphatic rings. The van der Waals surface area contributed by atoms with Gasteiger partial charge in [0.25, 0.3) is 20.2 Å². The zero-order valence-electron chi connectivity index (χ0n) is 18.3. The molecule has 0 bridgehead atoms. The quantitative estimate of drug-likeness (QED) is 0.258.